The first-order valence-corrected chi connectivity index (χ1v) is 12.1. The monoisotopic (exact) mass is 450 g/mol. The molecule has 0 saturated carbocycles. The van der Waals surface area contributed by atoms with Crippen molar-refractivity contribution in [2.45, 2.75) is 98.2 Å². The van der Waals surface area contributed by atoms with Crippen molar-refractivity contribution in [3.8, 4) is 0 Å². The van der Waals surface area contributed by atoms with E-state index in [1.165, 1.54) is 11.1 Å². The van der Waals surface area contributed by atoms with E-state index < -0.39 is 6.04 Å². The topological polar surface area (TPSA) is 49.4 Å². The SMILES string of the molecule is CCC(C(=O)NC(C)(C)C)N(Cc1ccc(C)cc1)C(=O)CCc1ccc(C(C)(C)C)cc1. The second-order valence-corrected chi connectivity index (χ2v) is 11.1. The molecule has 4 nitrogen and oxygen atoms in total. The summed E-state index contributed by atoms with van der Waals surface area (Å²) in [6, 6.07) is 16.2. The van der Waals surface area contributed by atoms with E-state index in [4.69, 9.17) is 0 Å². The summed E-state index contributed by atoms with van der Waals surface area (Å²) in [6.45, 7) is 16.9. The maximum absolute atomic E-state index is 13.4. The van der Waals surface area contributed by atoms with Crippen LogP contribution in [0, 0.1) is 6.92 Å². The number of aryl methyl sites for hydroxylation is 2. The molecule has 2 rings (SSSR count). The van der Waals surface area contributed by atoms with Crippen LogP contribution in [0.25, 0.3) is 0 Å². The fourth-order valence-corrected chi connectivity index (χ4v) is 3.83. The molecule has 4 heteroatoms. The number of rotatable bonds is 8. The number of hydrogen-bond donors (Lipinski definition) is 1. The Kier molecular flexibility index (Phi) is 8.88. The molecule has 1 N–H and O–H groups in total. The van der Waals surface area contributed by atoms with Gasteiger partial charge < -0.3 is 10.2 Å². The molecule has 0 aromatic heterocycles. The Morgan fingerprint density at radius 1 is 0.879 bits per heavy atom. The van der Waals surface area contributed by atoms with Crippen LogP contribution in [0.1, 0.15) is 83.6 Å². The zero-order valence-electron chi connectivity index (χ0n) is 21.8. The third-order valence-corrected chi connectivity index (χ3v) is 5.81. The summed E-state index contributed by atoms with van der Waals surface area (Å²) in [5.74, 6) is -0.0913. The van der Waals surface area contributed by atoms with E-state index in [-0.39, 0.29) is 22.8 Å². The lowest BCUT2D eigenvalue weighted by atomic mass is 9.86. The molecule has 0 radical (unpaired) electrons. The van der Waals surface area contributed by atoms with E-state index in [2.05, 4.69) is 50.4 Å². The number of amides is 2. The normalized spacial score (nSPS) is 12.8. The van der Waals surface area contributed by atoms with Gasteiger partial charge in [-0.25, -0.2) is 0 Å². The fraction of sp³-hybridized carbons (Fsp3) is 0.517. The van der Waals surface area contributed by atoms with E-state index in [0.717, 1.165) is 11.1 Å². The molecule has 0 saturated heterocycles. The Morgan fingerprint density at radius 2 is 1.42 bits per heavy atom. The minimum atomic E-state index is -0.499. The highest BCUT2D eigenvalue weighted by molar-refractivity contribution is 5.88. The molecular formula is C29H42N2O2. The predicted molar refractivity (Wildman–Crippen MR) is 137 cm³/mol. The van der Waals surface area contributed by atoms with Crippen molar-refractivity contribution in [2.75, 3.05) is 0 Å². The van der Waals surface area contributed by atoms with Crippen molar-refractivity contribution >= 4 is 11.8 Å². The summed E-state index contributed by atoms with van der Waals surface area (Å²) in [5.41, 5.74) is 4.38. The van der Waals surface area contributed by atoms with Gasteiger partial charge in [0.05, 0.1) is 0 Å². The van der Waals surface area contributed by atoms with Crippen LogP contribution in [-0.4, -0.2) is 28.3 Å². The van der Waals surface area contributed by atoms with Crippen molar-refractivity contribution in [3.63, 3.8) is 0 Å². The van der Waals surface area contributed by atoms with Crippen LogP contribution in [0.4, 0.5) is 0 Å². The van der Waals surface area contributed by atoms with Crippen molar-refractivity contribution in [1.29, 1.82) is 0 Å². The smallest absolute Gasteiger partial charge is 0.243 e. The van der Waals surface area contributed by atoms with Gasteiger partial charge in [0.1, 0.15) is 6.04 Å². The number of benzene rings is 2. The zero-order chi connectivity index (χ0) is 24.8. The Balaban J connectivity index is 2.20. The molecule has 2 aromatic carbocycles. The standard InChI is InChI=1S/C29H42N2O2/c1-9-25(27(33)30-29(6,7)8)31(20-23-12-10-21(2)11-13-23)26(32)19-16-22-14-17-24(18-15-22)28(3,4)5/h10-15,17-18,25H,9,16,19-20H2,1-8H3,(H,30,33). The van der Waals surface area contributed by atoms with Gasteiger partial charge in [-0.2, -0.15) is 0 Å². The van der Waals surface area contributed by atoms with Gasteiger partial charge in [0.25, 0.3) is 0 Å². The van der Waals surface area contributed by atoms with E-state index in [1.807, 2.05) is 58.9 Å². The average Bonchev–Trinajstić information content (AvgIpc) is 2.71. The zero-order valence-corrected chi connectivity index (χ0v) is 21.8. The quantitative estimate of drug-likeness (QED) is 0.540. The van der Waals surface area contributed by atoms with Crippen molar-refractivity contribution < 1.29 is 9.59 Å². The molecule has 1 atom stereocenters. The van der Waals surface area contributed by atoms with Crippen LogP contribution in [-0.2, 0) is 28.0 Å². The molecule has 2 amide bonds. The first-order valence-electron chi connectivity index (χ1n) is 12.1. The van der Waals surface area contributed by atoms with Crippen molar-refractivity contribution in [1.82, 2.24) is 10.2 Å². The second-order valence-electron chi connectivity index (χ2n) is 11.1. The largest absolute Gasteiger partial charge is 0.350 e. The third-order valence-electron chi connectivity index (χ3n) is 5.81. The lowest BCUT2D eigenvalue weighted by molar-refractivity contribution is -0.142. The van der Waals surface area contributed by atoms with E-state index in [0.29, 0.717) is 25.8 Å². The molecule has 2 aromatic rings. The van der Waals surface area contributed by atoms with Crippen LogP contribution in [0.5, 0.6) is 0 Å². The number of carbonyl (C=O) groups excluding carboxylic acids is 2. The maximum atomic E-state index is 13.4. The number of carbonyl (C=O) groups is 2. The number of hydrogen-bond acceptors (Lipinski definition) is 2. The van der Waals surface area contributed by atoms with Crippen LogP contribution in [0.15, 0.2) is 48.5 Å². The van der Waals surface area contributed by atoms with Crippen LogP contribution in [0.2, 0.25) is 0 Å². The second kappa shape index (κ2) is 11.0. The van der Waals surface area contributed by atoms with Crippen molar-refractivity contribution in [2.24, 2.45) is 0 Å². The first-order chi connectivity index (χ1) is 15.3. The molecule has 0 fully saturated rings. The summed E-state index contributed by atoms with van der Waals surface area (Å²) in [6.07, 6.45) is 1.60. The minimum Gasteiger partial charge on any atom is -0.350 e. The molecule has 0 aliphatic carbocycles. The summed E-state index contributed by atoms with van der Waals surface area (Å²) in [5, 5.41) is 3.06. The van der Waals surface area contributed by atoms with Gasteiger partial charge in [0, 0.05) is 18.5 Å². The number of nitrogens with one attached hydrogen (secondary N) is 1. The average molecular weight is 451 g/mol. The van der Waals surface area contributed by atoms with Gasteiger partial charge in [0.2, 0.25) is 11.8 Å². The van der Waals surface area contributed by atoms with Gasteiger partial charge in [0.15, 0.2) is 0 Å². The molecule has 0 spiro atoms. The Hall–Kier alpha value is -2.62. The van der Waals surface area contributed by atoms with Crippen LogP contribution < -0.4 is 5.32 Å². The van der Waals surface area contributed by atoms with Crippen molar-refractivity contribution in [3.05, 3.63) is 70.8 Å². The van der Waals surface area contributed by atoms with Gasteiger partial charge in [-0.05, 0) is 62.6 Å². The third kappa shape index (κ3) is 8.34. The van der Waals surface area contributed by atoms with Gasteiger partial charge in [-0.15, -0.1) is 0 Å². The molecule has 33 heavy (non-hydrogen) atoms. The molecular weight excluding hydrogens is 408 g/mol. The van der Waals surface area contributed by atoms with Crippen LogP contribution in [0.3, 0.4) is 0 Å². The van der Waals surface area contributed by atoms with E-state index >= 15 is 0 Å². The predicted octanol–water partition coefficient (Wildman–Crippen LogP) is 5.95. The van der Waals surface area contributed by atoms with Gasteiger partial charge in [-0.1, -0.05) is 81.8 Å². The summed E-state index contributed by atoms with van der Waals surface area (Å²) < 4.78 is 0. The number of nitrogens with zero attached hydrogens (tertiary/aromatic N) is 1. The lowest BCUT2D eigenvalue weighted by Crippen LogP contribution is -2.53. The molecule has 1 unspecified atom stereocenters. The van der Waals surface area contributed by atoms with Crippen LogP contribution >= 0.6 is 0 Å². The molecule has 0 heterocycles. The highest BCUT2D eigenvalue weighted by Crippen LogP contribution is 2.23. The van der Waals surface area contributed by atoms with Gasteiger partial charge >= 0.3 is 0 Å². The van der Waals surface area contributed by atoms with Gasteiger partial charge in [-0.3, -0.25) is 9.59 Å². The minimum absolute atomic E-state index is 0.00591. The first kappa shape index (κ1) is 26.6. The summed E-state index contributed by atoms with van der Waals surface area (Å²) in [7, 11) is 0. The molecule has 0 bridgehead atoms. The Morgan fingerprint density at radius 3 is 1.91 bits per heavy atom. The molecule has 0 aliphatic rings. The highest BCUT2D eigenvalue weighted by atomic mass is 16.2. The Labute approximate surface area is 200 Å². The highest BCUT2D eigenvalue weighted by Gasteiger charge is 2.30. The molecule has 180 valence electrons. The Bertz CT molecular complexity index is 916. The lowest BCUT2D eigenvalue weighted by Gasteiger charge is -2.33. The van der Waals surface area contributed by atoms with E-state index in [1.54, 1.807) is 4.90 Å². The molecule has 0 aliphatic heterocycles. The fourth-order valence-electron chi connectivity index (χ4n) is 3.83. The van der Waals surface area contributed by atoms with E-state index in [9.17, 15) is 9.59 Å². The maximum Gasteiger partial charge on any atom is 0.243 e. The summed E-state index contributed by atoms with van der Waals surface area (Å²) >= 11 is 0. The summed E-state index contributed by atoms with van der Waals surface area (Å²) in [4.78, 5) is 28.3.